The summed E-state index contributed by atoms with van der Waals surface area (Å²) in [6.07, 6.45) is 1.17. The number of hydrogen-bond donors (Lipinski definition) is 1. The maximum absolute atomic E-state index is 9.67. The van der Waals surface area contributed by atoms with Crippen LogP contribution in [0.15, 0.2) is 43.0 Å². The quantitative estimate of drug-likeness (QED) is 0.621. The van der Waals surface area contributed by atoms with Gasteiger partial charge in [0, 0.05) is 0 Å². The number of alkyl halides is 1. The van der Waals surface area contributed by atoms with Crippen LogP contribution in [0.4, 0.5) is 0 Å². The second kappa shape index (κ2) is 4.43. The third kappa shape index (κ3) is 2.19. The van der Waals surface area contributed by atoms with Crippen molar-refractivity contribution in [3.8, 4) is 0 Å². The molecule has 0 heterocycles. The van der Waals surface area contributed by atoms with Gasteiger partial charge in [-0.2, -0.15) is 0 Å². The van der Waals surface area contributed by atoms with Crippen molar-refractivity contribution in [1.29, 1.82) is 0 Å². The topological polar surface area (TPSA) is 20.2 Å². The zero-order valence-electron chi connectivity index (χ0n) is 6.65. The lowest BCUT2D eigenvalue weighted by atomic mass is 10.1. The van der Waals surface area contributed by atoms with Crippen LogP contribution in [-0.4, -0.2) is 9.93 Å². The van der Waals surface area contributed by atoms with Gasteiger partial charge in [0.25, 0.3) is 0 Å². The Morgan fingerprint density at radius 1 is 1.33 bits per heavy atom. The first-order chi connectivity index (χ1) is 5.75. The van der Waals surface area contributed by atoms with E-state index in [1.54, 1.807) is 6.08 Å². The highest BCUT2D eigenvalue weighted by Crippen LogP contribution is 2.22. The fourth-order valence-electron chi connectivity index (χ4n) is 0.963. The zero-order valence-corrected chi connectivity index (χ0v) is 8.24. The van der Waals surface area contributed by atoms with Crippen molar-refractivity contribution in [2.24, 2.45) is 0 Å². The summed E-state index contributed by atoms with van der Waals surface area (Å²) >= 11 is 3.31. The van der Waals surface area contributed by atoms with E-state index < -0.39 is 6.10 Å². The van der Waals surface area contributed by atoms with Crippen LogP contribution >= 0.6 is 15.9 Å². The molecule has 2 heteroatoms. The summed E-state index contributed by atoms with van der Waals surface area (Å²) in [5, 5.41) is 9.67. The predicted molar refractivity (Wildman–Crippen MR) is 54.3 cm³/mol. The van der Waals surface area contributed by atoms with Gasteiger partial charge in [0.15, 0.2) is 0 Å². The first-order valence-electron chi connectivity index (χ1n) is 3.75. The molecule has 0 aliphatic rings. The standard InChI is InChI=1S/C10H11BrO/c1-2-9(11)10(12)8-6-4-3-5-7-8/h2-7,9-10,12H,1H2/t9-,10-/m0/s1. The van der Waals surface area contributed by atoms with Crippen molar-refractivity contribution >= 4 is 15.9 Å². The Labute approximate surface area is 80.9 Å². The monoisotopic (exact) mass is 226 g/mol. The molecule has 0 saturated carbocycles. The molecule has 1 N–H and O–H groups in total. The number of aliphatic hydroxyl groups excluding tert-OH is 1. The van der Waals surface area contributed by atoms with Crippen molar-refractivity contribution in [3.05, 3.63) is 48.6 Å². The number of rotatable bonds is 3. The highest BCUT2D eigenvalue weighted by Gasteiger charge is 2.13. The first kappa shape index (κ1) is 9.49. The van der Waals surface area contributed by atoms with E-state index >= 15 is 0 Å². The summed E-state index contributed by atoms with van der Waals surface area (Å²) in [7, 11) is 0. The number of aliphatic hydroxyl groups is 1. The molecular formula is C10H11BrO. The lowest BCUT2D eigenvalue weighted by molar-refractivity contribution is 0.188. The smallest absolute Gasteiger partial charge is 0.0949 e. The average Bonchev–Trinajstić information content (AvgIpc) is 2.17. The molecule has 64 valence electrons. The fourth-order valence-corrected chi connectivity index (χ4v) is 1.27. The van der Waals surface area contributed by atoms with Gasteiger partial charge in [-0.05, 0) is 5.56 Å². The lowest BCUT2D eigenvalue weighted by Crippen LogP contribution is -2.08. The molecule has 0 aliphatic carbocycles. The van der Waals surface area contributed by atoms with Gasteiger partial charge >= 0.3 is 0 Å². The molecule has 2 atom stereocenters. The Morgan fingerprint density at radius 3 is 2.42 bits per heavy atom. The molecule has 0 aromatic heterocycles. The minimum Gasteiger partial charge on any atom is -0.387 e. The van der Waals surface area contributed by atoms with E-state index in [0.717, 1.165) is 5.56 Å². The summed E-state index contributed by atoms with van der Waals surface area (Å²) in [4.78, 5) is -0.0834. The molecule has 0 unspecified atom stereocenters. The van der Waals surface area contributed by atoms with Crippen molar-refractivity contribution in [2.75, 3.05) is 0 Å². The van der Waals surface area contributed by atoms with Crippen LogP contribution in [0.2, 0.25) is 0 Å². The molecule has 0 amide bonds. The molecule has 1 rings (SSSR count). The number of hydrogen-bond acceptors (Lipinski definition) is 1. The lowest BCUT2D eigenvalue weighted by Gasteiger charge is -2.13. The molecule has 0 spiro atoms. The molecule has 0 aliphatic heterocycles. The van der Waals surface area contributed by atoms with Gasteiger partial charge in [0.05, 0.1) is 10.9 Å². The Morgan fingerprint density at radius 2 is 1.92 bits per heavy atom. The zero-order chi connectivity index (χ0) is 8.97. The van der Waals surface area contributed by atoms with E-state index in [0.29, 0.717) is 0 Å². The third-order valence-corrected chi connectivity index (χ3v) is 2.54. The van der Waals surface area contributed by atoms with Crippen molar-refractivity contribution in [1.82, 2.24) is 0 Å². The van der Waals surface area contributed by atoms with Crippen LogP contribution in [0, 0.1) is 0 Å². The Kier molecular flexibility index (Phi) is 3.50. The van der Waals surface area contributed by atoms with Crippen LogP contribution in [0.5, 0.6) is 0 Å². The van der Waals surface area contributed by atoms with Crippen LogP contribution in [0.25, 0.3) is 0 Å². The molecule has 0 radical (unpaired) electrons. The molecule has 12 heavy (non-hydrogen) atoms. The van der Waals surface area contributed by atoms with E-state index in [-0.39, 0.29) is 4.83 Å². The van der Waals surface area contributed by atoms with Crippen LogP contribution in [0.3, 0.4) is 0 Å². The number of halogens is 1. The fraction of sp³-hybridized carbons (Fsp3) is 0.200. The molecule has 1 nitrogen and oxygen atoms in total. The van der Waals surface area contributed by atoms with Gasteiger partial charge < -0.3 is 5.11 Å². The largest absolute Gasteiger partial charge is 0.387 e. The minimum atomic E-state index is -0.510. The first-order valence-corrected chi connectivity index (χ1v) is 4.67. The van der Waals surface area contributed by atoms with Crippen molar-refractivity contribution < 1.29 is 5.11 Å². The average molecular weight is 227 g/mol. The molecule has 1 aromatic rings. The van der Waals surface area contributed by atoms with E-state index in [4.69, 9.17) is 0 Å². The minimum absolute atomic E-state index is 0.0834. The van der Waals surface area contributed by atoms with E-state index in [9.17, 15) is 5.11 Å². The molecule has 0 bridgehead atoms. The molecule has 0 saturated heterocycles. The molecule has 1 aromatic carbocycles. The summed E-state index contributed by atoms with van der Waals surface area (Å²) < 4.78 is 0. The van der Waals surface area contributed by atoms with Crippen LogP contribution in [0.1, 0.15) is 11.7 Å². The van der Waals surface area contributed by atoms with Gasteiger partial charge in [0.2, 0.25) is 0 Å². The summed E-state index contributed by atoms with van der Waals surface area (Å²) in [5.41, 5.74) is 0.902. The summed E-state index contributed by atoms with van der Waals surface area (Å²) in [6, 6.07) is 9.51. The van der Waals surface area contributed by atoms with Crippen LogP contribution in [-0.2, 0) is 0 Å². The van der Waals surface area contributed by atoms with Crippen molar-refractivity contribution in [2.45, 2.75) is 10.9 Å². The normalized spacial score (nSPS) is 15.2. The second-order valence-corrected chi connectivity index (χ2v) is 3.59. The van der Waals surface area contributed by atoms with Gasteiger partial charge in [-0.1, -0.05) is 52.3 Å². The Balaban J connectivity index is 2.78. The van der Waals surface area contributed by atoms with E-state index in [1.807, 2.05) is 30.3 Å². The van der Waals surface area contributed by atoms with E-state index in [1.165, 1.54) is 0 Å². The maximum Gasteiger partial charge on any atom is 0.0949 e. The number of benzene rings is 1. The predicted octanol–water partition coefficient (Wildman–Crippen LogP) is 2.67. The highest BCUT2D eigenvalue weighted by molar-refractivity contribution is 9.09. The van der Waals surface area contributed by atoms with Gasteiger partial charge in [0.1, 0.15) is 0 Å². The molecule has 0 fully saturated rings. The van der Waals surface area contributed by atoms with E-state index in [2.05, 4.69) is 22.5 Å². The SMILES string of the molecule is C=C[C@H](Br)[C@@H](O)c1ccccc1. The van der Waals surface area contributed by atoms with Gasteiger partial charge in [-0.15, -0.1) is 6.58 Å². The van der Waals surface area contributed by atoms with Gasteiger partial charge in [-0.3, -0.25) is 0 Å². The summed E-state index contributed by atoms with van der Waals surface area (Å²) in [5.74, 6) is 0. The maximum atomic E-state index is 9.67. The summed E-state index contributed by atoms with van der Waals surface area (Å²) in [6.45, 7) is 3.60. The Bertz CT molecular complexity index is 245. The molecular weight excluding hydrogens is 216 g/mol. The van der Waals surface area contributed by atoms with Crippen LogP contribution < -0.4 is 0 Å². The van der Waals surface area contributed by atoms with Crippen molar-refractivity contribution in [3.63, 3.8) is 0 Å². The highest BCUT2D eigenvalue weighted by atomic mass is 79.9. The van der Waals surface area contributed by atoms with Gasteiger partial charge in [-0.25, -0.2) is 0 Å². The third-order valence-electron chi connectivity index (χ3n) is 1.67. The second-order valence-electron chi connectivity index (χ2n) is 2.54. The Hall–Kier alpha value is -0.600.